The molecule has 0 aromatic carbocycles. The van der Waals surface area contributed by atoms with Gasteiger partial charge in [-0.15, -0.1) is 0 Å². The van der Waals surface area contributed by atoms with E-state index in [4.69, 9.17) is 0 Å². The van der Waals surface area contributed by atoms with E-state index in [0.717, 1.165) is 0 Å². The van der Waals surface area contributed by atoms with E-state index in [1.807, 2.05) is 0 Å². The Morgan fingerprint density at radius 3 is 2.31 bits per heavy atom. The fourth-order valence-electron chi connectivity index (χ4n) is 0.660. The van der Waals surface area contributed by atoms with E-state index >= 15 is 0 Å². The molecule has 0 bridgehead atoms. The molecule has 0 N–H and O–H groups in total. The van der Waals surface area contributed by atoms with Crippen molar-refractivity contribution >= 4 is 17.5 Å². The Bertz CT molecular complexity index is 222. The number of hydrogen-bond donors (Lipinski definition) is 0. The number of rotatable bonds is 5. The third-order valence-corrected chi connectivity index (χ3v) is 1.24. The number of hydrogen-bond acceptors (Lipinski definition) is 5. The highest BCUT2D eigenvalue weighted by Crippen LogP contribution is 1.92. The number of nitrogens with zero attached hydrogens (tertiary/aromatic N) is 1. The van der Waals surface area contributed by atoms with Gasteiger partial charge in [-0.1, -0.05) is 12.1 Å². The van der Waals surface area contributed by atoms with Gasteiger partial charge in [-0.25, -0.2) is 4.79 Å². The highest BCUT2D eigenvalue weighted by molar-refractivity contribution is 6.64. The lowest BCUT2D eigenvalue weighted by molar-refractivity contribution is -0.136. The Labute approximate surface area is 76.7 Å². The van der Waals surface area contributed by atoms with E-state index in [1.54, 1.807) is 13.8 Å². The molecule has 0 saturated carbocycles. The molecule has 0 aromatic heterocycles. The largest absolute Gasteiger partial charge is 0.461 e. The predicted octanol–water partition coefficient (Wildman–Crippen LogP) is 0.531. The van der Waals surface area contributed by atoms with Crippen LogP contribution in [0.5, 0.6) is 0 Å². The molecule has 0 atom stereocenters. The second-order valence-electron chi connectivity index (χ2n) is 2.12. The monoisotopic (exact) mass is 187 g/mol. The topological polar surface area (TPSA) is 65.0 Å². The molecular weight excluding hydrogens is 174 g/mol. The molecule has 0 radical (unpaired) electrons. The van der Waals surface area contributed by atoms with Gasteiger partial charge in [-0.2, -0.15) is 0 Å². The van der Waals surface area contributed by atoms with Crippen LogP contribution in [0.25, 0.3) is 0 Å². The number of carbonyl (C=O) groups excluding carboxylic acids is 2. The number of ketones is 1. The van der Waals surface area contributed by atoms with Crippen molar-refractivity contribution in [3.63, 3.8) is 0 Å². The number of Topliss-reactive ketones (excluding diaryl/α,β-unsaturated/α-hetero) is 1. The number of esters is 1. The van der Waals surface area contributed by atoms with Gasteiger partial charge >= 0.3 is 5.97 Å². The van der Waals surface area contributed by atoms with Crippen molar-refractivity contribution in [3.05, 3.63) is 0 Å². The molecule has 0 heterocycles. The molecule has 0 unspecified atom stereocenters. The number of ether oxygens (including phenoxy) is 1. The summed E-state index contributed by atoms with van der Waals surface area (Å²) in [5.41, 5.74) is -0.285. The fourth-order valence-corrected chi connectivity index (χ4v) is 0.660. The van der Waals surface area contributed by atoms with Crippen LogP contribution in [0.4, 0.5) is 0 Å². The summed E-state index contributed by atoms with van der Waals surface area (Å²) in [5.74, 6) is -1.13. The Hall–Kier alpha value is -1.39. The lowest BCUT2D eigenvalue weighted by atomic mass is 10.2. The molecule has 13 heavy (non-hydrogen) atoms. The third kappa shape index (κ3) is 3.68. The second kappa shape index (κ2) is 6.16. The van der Waals surface area contributed by atoms with Gasteiger partial charge in [0.2, 0.25) is 5.71 Å². The summed E-state index contributed by atoms with van der Waals surface area (Å²) in [6.45, 7) is 3.49. The van der Waals surface area contributed by atoms with Gasteiger partial charge in [0.25, 0.3) is 0 Å². The van der Waals surface area contributed by atoms with Gasteiger partial charge in [0, 0.05) is 6.42 Å². The van der Waals surface area contributed by atoms with Gasteiger partial charge in [0.05, 0.1) is 6.61 Å². The van der Waals surface area contributed by atoms with Crippen LogP contribution >= 0.6 is 0 Å². The molecule has 0 rings (SSSR count). The van der Waals surface area contributed by atoms with E-state index in [1.165, 1.54) is 7.11 Å². The van der Waals surface area contributed by atoms with Crippen molar-refractivity contribution < 1.29 is 19.2 Å². The zero-order valence-corrected chi connectivity index (χ0v) is 7.99. The number of carbonyl (C=O) groups is 2. The highest BCUT2D eigenvalue weighted by atomic mass is 16.6. The van der Waals surface area contributed by atoms with Crippen LogP contribution in [0.3, 0.4) is 0 Å². The van der Waals surface area contributed by atoms with E-state index in [0.29, 0.717) is 0 Å². The minimum absolute atomic E-state index is 0.195. The first-order valence-electron chi connectivity index (χ1n) is 3.98. The standard InChI is InChI=1S/C8H13NO4/c1-4-6(10)7(9-12-3)8(11)13-5-2/h4-5H2,1-3H3/b9-7-. The SMILES string of the molecule is CCOC(=O)/C(=N\OC)C(=O)CC. The Kier molecular flexibility index (Phi) is 5.50. The highest BCUT2D eigenvalue weighted by Gasteiger charge is 2.20. The molecule has 5 heteroatoms. The van der Waals surface area contributed by atoms with Gasteiger partial charge in [0.15, 0.2) is 5.78 Å². The maximum Gasteiger partial charge on any atom is 0.364 e. The lowest BCUT2D eigenvalue weighted by Gasteiger charge is -2.01. The lowest BCUT2D eigenvalue weighted by Crippen LogP contribution is -2.26. The summed E-state index contributed by atoms with van der Waals surface area (Å²) in [7, 11) is 1.27. The quantitative estimate of drug-likeness (QED) is 0.272. The number of oxime groups is 1. The van der Waals surface area contributed by atoms with Gasteiger partial charge in [-0.05, 0) is 6.92 Å². The predicted molar refractivity (Wildman–Crippen MR) is 46.4 cm³/mol. The average Bonchev–Trinajstić information content (AvgIpc) is 2.13. The van der Waals surface area contributed by atoms with Gasteiger partial charge in [-0.3, -0.25) is 4.79 Å². The van der Waals surface area contributed by atoms with Crippen LogP contribution in [0.15, 0.2) is 5.16 Å². The van der Waals surface area contributed by atoms with E-state index in [-0.39, 0.29) is 24.5 Å². The summed E-state index contributed by atoms with van der Waals surface area (Å²) in [6, 6.07) is 0. The van der Waals surface area contributed by atoms with Crippen LogP contribution in [0.2, 0.25) is 0 Å². The maximum absolute atomic E-state index is 11.1. The van der Waals surface area contributed by atoms with Gasteiger partial charge in [0.1, 0.15) is 7.11 Å². The Morgan fingerprint density at radius 2 is 1.92 bits per heavy atom. The van der Waals surface area contributed by atoms with Crippen molar-refractivity contribution in [1.29, 1.82) is 0 Å². The van der Waals surface area contributed by atoms with Crippen LogP contribution in [-0.4, -0.2) is 31.2 Å². The fraction of sp³-hybridized carbons (Fsp3) is 0.625. The first-order valence-corrected chi connectivity index (χ1v) is 3.98. The smallest absolute Gasteiger partial charge is 0.364 e. The van der Waals surface area contributed by atoms with Crippen LogP contribution in [0, 0.1) is 0 Å². The van der Waals surface area contributed by atoms with Crippen LogP contribution < -0.4 is 0 Å². The molecule has 0 aliphatic carbocycles. The van der Waals surface area contributed by atoms with E-state index in [2.05, 4.69) is 14.7 Å². The van der Waals surface area contributed by atoms with E-state index < -0.39 is 5.97 Å². The van der Waals surface area contributed by atoms with Crippen LogP contribution in [-0.2, 0) is 19.2 Å². The molecule has 0 saturated heterocycles. The van der Waals surface area contributed by atoms with Gasteiger partial charge < -0.3 is 9.57 Å². The molecule has 5 nitrogen and oxygen atoms in total. The summed E-state index contributed by atoms with van der Waals surface area (Å²) in [4.78, 5) is 26.5. The summed E-state index contributed by atoms with van der Waals surface area (Å²) >= 11 is 0. The Morgan fingerprint density at radius 1 is 1.31 bits per heavy atom. The average molecular weight is 187 g/mol. The van der Waals surface area contributed by atoms with Crippen molar-refractivity contribution in [1.82, 2.24) is 0 Å². The maximum atomic E-state index is 11.1. The zero-order chi connectivity index (χ0) is 10.3. The second-order valence-corrected chi connectivity index (χ2v) is 2.12. The van der Waals surface area contributed by atoms with Crippen LogP contribution in [0.1, 0.15) is 20.3 Å². The molecular formula is C8H13NO4. The minimum atomic E-state index is -0.740. The zero-order valence-electron chi connectivity index (χ0n) is 7.99. The van der Waals surface area contributed by atoms with Crippen molar-refractivity contribution in [2.45, 2.75) is 20.3 Å². The molecule has 0 aromatic rings. The molecule has 0 aliphatic rings. The van der Waals surface area contributed by atoms with E-state index in [9.17, 15) is 9.59 Å². The van der Waals surface area contributed by atoms with Crippen molar-refractivity contribution in [3.8, 4) is 0 Å². The summed E-state index contributed by atoms with van der Waals surface area (Å²) in [6.07, 6.45) is 0.195. The summed E-state index contributed by atoms with van der Waals surface area (Å²) < 4.78 is 4.61. The Balaban J connectivity index is 4.52. The van der Waals surface area contributed by atoms with Crippen molar-refractivity contribution in [2.75, 3.05) is 13.7 Å². The molecule has 74 valence electrons. The summed E-state index contributed by atoms with van der Waals surface area (Å²) in [5, 5.41) is 3.31. The molecule has 0 spiro atoms. The normalized spacial score (nSPS) is 10.8. The van der Waals surface area contributed by atoms with Crippen molar-refractivity contribution in [2.24, 2.45) is 5.16 Å². The minimum Gasteiger partial charge on any atom is -0.461 e. The molecule has 0 fully saturated rings. The third-order valence-electron chi connectivity index (χ3n) is 1.24. The molecule has 0 aliphatic heterocycles. The first kappa shape index (κ1) is 11.6. The molecule has 0 amide bonds. The first-order chi connectivity index (χ1) is 6.17.